The summed E-state index contributed by atoms with van der Waals surface area (Å²) in [6.45, 7) is 2.28. The zero-order valence-electron chi connectivity index (χ0n) is 18.9. The van der Waals surface area contributed by atoms with Crippen molar-refractivity contribution in [2.75, 3.05) is 0 Å². The predicted octanol–water partition coefficient (Wildman–Crippen LogP) is 8.49. The lowest BCUT2D eigenvalue weighted by Crippen LogP contribution is -2.27. The summed E-state index contributed by atoms with van der Waals surface area (Å²) < 4.78 is 6.41. The summed E-state index contributed by atoms with van der Waals surface area (Å²) in [5.41, 5.74) is 13.9. The Kier molecular flexibility index (Phi) is 3.38. The van der Waals surface area contributed by atoms with E-state index in [1.807, 2.05) is 0 Å². The first-order valence-electron chi connectivity index (χ1n) is 12.1. The third-order valence-corrected chi connectivity index (χ3v) is 8.07. The van der Waals surface area contributed by atoms with E-state index >= 15 is 0 Å². The molecule has 0 amide bonds. The van der Waals surface area contributed by atoms with E-state index < -0.39 is 0 Å². The molecule has 0 radical (unpaired) electrons. The lowest BCUT2D eigenvalue weighted by molar-refractivity contribution is 0.668. The van der Waals surface area contributed by atoms with Gasteiger partial charge in [-0.05, 0) is 68.6 Å². The minimum absolute atomic E-state index is 0.351. The van der Waals surface area contributed by atoms with Gasteiger partial charge in [-0.25, -0.2) is 0 Å². The second kappa shape index (κ2) is 6.27. The molecule has 1 nitrogen and oxygen atoms in total. The van der Waals surface area contributed by atoms with Crippen molar-refractivity contribution in [3.05, 3.63) is 131 Å². The van der Waals surface area contributed by atoms with Crippen molar-refractivity contribution in [1.82, 2.24) is 0 Å². The van der Waals surface area contributed by atoms with Crippen LogP contribution < -0.4 is 0 Å². The third-order valence-electron chi connectivity index (χ3n) is 8.07. The Balaban J connectivity index is 1.69. The summed E-state index contributed by atoms with van der Waals surface area (Å²) >= 11 is 0. The molecule has 1 heterocycles. The second-order valence-corrected chi connectivity index (χ2v) is 9.49. The molecule has 0 fully saturated rings. The van der Waals surface area contributed by atoms with Gasteiger partial charge in [0, 0.05) is 10.8 Å². The number of fused-ring (bicyclic) bond motifs is 14. The van der Waals surface area contributed by atoms with E-state index in [2.05, 4.69) is 110 Å². The maximum absolute atomic E-state index is 6.41. The van der Waals surface area contributed by atoms with Crippen molar-refractivity contribution in [2.24, 2.45) is 0 Å². The fraction of sp³-hybridized carbons (Fsp3) is 0.0909. The largest absolute Gasteiger partial charge is 0.456 e. The molecule has 6 aromatic rings. The summed E-state index contributed by atoms with van der Waals surface area (Å²) in [5.74, 6) is 0. The van der Waals surface area contributed by atoms with Crippen LogP contribution in [0.5, 0.6) is 0 Å². The van der Waals surface area contributed by atoms with E-state index in [1.165, 1.54) is 60.8 Å². The van der Waals surface area contributed by atoms with Crippen LogP contribution in [0.2, 0.25) is 0 Å². The topological polar surface area (TPSA) is 13.1 Å². The van der Waals surface area contributed by atoms with Gasteiger partial charge in [-0.3, -0.25) is 0 Å². The molecule has 8 rings (SSSR count). The van der Waals surface area contributed by atoms with Crippen molar-refractivity contribution in [3.8, 4) is 22.3 Å². The van der Waals surface area contributed by atoms with Crippen LogP contribution in [0, 0.1) is 0 Å². The van der Waals surface area contributed by atoms with Gasteiger partial charge in [0.1, 0.15) is 11.2 Å². The molecule has 1 aromatic heterocycles. The molecule has 1 heteroatoms. The summed E-state index contributed by atoms with van der Waals surface area (Å²) in [7, 11) is 0. The molecule has 1 atom stereocenters. The number of para-hydroxylation sites is 1. The van der Waals surface area contributed by atoms with Gasteiger partial charge < -0.3 is 4.42 Å². The molecule has 1 spiro atoms. The predicted molar refractivity (Wildman–Crippen MR) is 139 cm³/mol. The van der Waals surface area contributed by atoms with E-state index in [0.717, 1.165) is 17.6 Å². The van der Waals surface area contributed by atoms with E-state index in [0.29, 0.717) is 0 Å². The van der Waals surface area contributed by atoms with Crippen LogP contribution in [0.1, 0.15) is 34.7 Å². The maximum Gasteiger partial charge on any atom is 0.135 e. The van der Waals surface area contributed by atoms with Crippen molar-refractivity contribution >= 4 is 21.9 Å². The minimum atomic E-state index is -0.351. The Morgan fingerprint density at radius 3 is 1.97 bits per heavy atom. The van der Waals surface area contributed by atoms with Crippen molar-refractivity contribution in [2.45, 2.75) is 18.8 Å². The molecule has 0 aliphatic heterocycles. The zero-order valence-corrected chi connectivity index (χ0v) is 18.9. The molecular formula is C33H22O. The smallest absolute Gasteiger partial charge is 0.135 e. The number of hydrogen-bond acceptors (Lipinski definition) is 1. The van der Waals surface area contributed by atoms with Gasteiger partial charge in [-0.2, -0.15) is 0 Å². The van der Waals surface area contributed by atoms with Crippen LogP contribution in [-0.2, 0) is 11.8 Å². The molecule has 5 aromatic carbocycles. The summed E-state index contributed by atoms with van der Waals surface area (Å²) in [6, 6.07) is 37.8. The molecule has 0 bridgehead atoms. The van der Waals surface area contributed by atoms with E-state index in [1.54, 1.807) is 0 Å². The Bertz CT molecular complexity index is 1790. The summed E-state index contributed by atoms with van der Waals surface area (Å²) in [6.07, 6.45) is 0.999. The van der Waals surface area contributed by atoms with Gasteiger partial charge in [-0.15, -0.1) is 0 Å². The highest BCUT2D eigenvalue weighted by molar-refractivity contribution is 6.13. The average Bonchev–Trinajstić information content (AvgIpc) is 3.52. The monoisotopic (exact) mass is 434 g/mol. The molecule has 0 saturated carbocycles. The van der Waals surface area contributed by atoms with E-state index in [9.17, 15) is 0 Å². The van der Waals surface area contributed by atoms with Crippen molar-refractivity contribution in [1.29, 1.82) is 0 Å². The molecule has 1 unspecified atom stereocenters. The van der Waals surface area contributed by atoms with Gasteiger partial charge in [-0.1, -0.05) is 97.9 Å². The fourth-order valence-electron chi connectivity index (χ4n) is 6.89. The number of aryl methyl sites for hydroxylation is 1. The minimum Gasteiger partial charge on any atom is -0.456 e. The summed E-state index contributed by atoms with van der Waals surface area (Å²) in [4.78, 5) is 0. The van der Waals surface area contributed by atoms with E-state index in [4.69, 9.17) is 4.42 Å². The SMILES string of the molecule is CCc1cccc2c1C1(c3ccccc3-2)c2ccccc2-c2ccc3oc4ccccc4c3c21. The Hall–Kier alpha value is -4.10. The molecular weight excluding hydrogens is 412 g/mol. The lowest BCUT2D eigenvalue weighted by atomic mass is 9.68. The van der Waals surface area contributed by atoms with Gasteiger partial charge in [0.05, 0.1) is 5.41 Å². The molecule has 34 heavy (non-hydrogen) atoms. The third kappa shape index (κ3) is 1.94. The standard InChI is InChI=1S/C33H22O/c1-2-20-10-9-14-23-21-11-3-6-15-26(21)33(31(20)23)27-16-7-4-12-22(27)24-18-19-29-30(32(24)33)25-13-5-8-17-28(25)34-29/h3-19H,2H2,1H3. The number of rotatable bonds is 1. The maximum atomic E-state index is 6.41. The van der Waals surface area contributed by atoms with Crippen LogP contribution in [-0.4, -0.2) is 0 Å². The number of furan rings is 1. The quantitative estimate of drug-likeness (QED) is 0.252. The normalized spacial score (nSPS) is 17.2. The van der Waals surface area contributed by atoms with Crippen LogP contribution in [0.3, 0.4) is 0 Å². The first-order chi connectivity index (χ1) is 16.8. The van der Waals surface area contributed by atoms with Crippen molar-refractivity contribution < 1.29 is 4.42 Å². The Morgan fingerprint density at radius 2 is 1.21 bits per heavy atom. The van der Waals surface area contributed by atoms with Gasteiger partial charge >= 0.3 is 0 Å². The molecule has 2 aliphatic carbocycles. The lowest BCUT2D eigenvalue weighted by Gasteiger charge is -2.32. The average molecular weight is 435 g/mol. The molecule has 0 N–H and O–H groups in total. The highest BCUT2D eigenvalue weighted by atomic mass is 16.3. The second-order valence-electron chi connectivity index (χ2n) is 9.49. The molecule has 2 aliphatic rings. The molecule has 160 valence electrons. The highest BCUT2D eigenvalue weighted by Gasteiger charge is 2.53. The van der Waals surface area contributed by atoms with Gasteiger partial charge in [0.25, 0.3) is 0 Å². The van der Waals surface area contributed by atoms with Crippen LogP contribution in [0.4, 0.5) is 0 Å². The van der Waals surface area contributed by atoms with Crippen LogP contribution in [0.15, 0.2) is 108 Å². The van der Waals surface area contributed by atoms with E-state index in [-0.39, 0.29) is 5.41 Å². The van der Waals surface area contributed by atoms with Crippen LogP contribution in [0.25, 0.3) is 44.2 Å². The first kappa shape index (κ1) is 18.3. The Morgan fingerprint density at radius 1 is 0.559 bits per heavy atom. The summed E-state index contributed by atoms with van der Waals surface area (Å²) in [5, 5.41) is 2.44. The van der Waals surface area contributed by atoms with Gasteiger partial charge in [0.15, 0.2) is 0 Å². The highest BCUT2D eigenvalue weighted by Crippen LogP contribution is 2.65. The number of hydrogen-bond donors (Lipinski definition) is 0. The fourth-order valence-corrected chi connectivity index (χ4v) is 6.89. The number of benzene rings is 5. The zero-order chi connectivity index (χ0) is 22.4. The van der Waals surface area contributed by atoms with Crippen molar-refractivity contribution in [3.63, 3.8) is 0 Å². The Labute approximate surface area is 198 Å². The van der Waals surface area contributed by atoms with Crippen LogP contribution >= 0.6 is 0 Å². The van der Waals surface area contributed by atoms with Gasteiger partial charge in [0.2, 0.25) is 0 Å². The molecule has 0 saturated heterocycles. The first-order valence-corrected chi connectivity index (χ1v) is 12.1.